The van der Waals surface area contributed by atoms with Gasteiger partial charge in [0, 0.05) is 12.8 Å². The Balaban J connectivity index is 1.67. The SMILES string of the molecule is CCC(=O)CCC12CC3CC(CC(C3)C1)C2. The summed E-state index contributed by atoms with van der Waals surface area (Å²) in [5.41, 5.74) is 0.611. The van der Waals surface area contributed by atoms with Gasteiger partial charge < -0.3 is 0 Å². The lowest BCUT2D eigenvalue weighted by Gasteiger charge is -2.57. The summed E-state index contributed by atoms with van der Waals surface area (Å²) in [6.07, 6.45) is 11.7. The van der Waals surface area contributed by atoms with Gasteiger partial charge in [-0.05, 0) is 68.1 Å². The Kier molecular flexibility index (Phi) is 2.60. The number of ketones is 1. The van der Waals surface area contributed by atoms with Crippen molar-refractivity contribution in [3.63, 3.8) is 0 Å². The van der Waals surface area contributed by atoms with Gasteiger partial charge in [0.05, 0.1) is 0 Å². The zero-order valence-electron chi connectivity index (χ0n) is 10.5. The monoisotopic (exact) mass is 220 g/mol. The number of carbonyl (C=O) groups excluding carboxylic acids is 1. The van der Waals surface area contributed by atoms with Gasteiger partial charge in [0.25, 0.3) is 0 Å². The molecular formula is C15H24O. The molecule has 0 aromatic rings. The highest BCUT2D eigenvalue weighted by Gasteiger charge is 2.50. The summed E-state index contributed by atoms with van der Waals surface area (Å²) in [5, 5.41) is 0. The highest BCUT2D eigenvalue weighted by molar-refractivity contribution is 5.78. The summed E-state index contributed by atoms with van der Waals surface area (Å²) in [7, 11) is 0. The number of carbonyl (C=O) groups is 1. The van der Waals surface area contributed by atoms with E-state index in [2.05, 4.69) is 0 Å². The van der Waals surface area contributed by atoms with Crippen molar-refractivity contribution >= 4 is 5.78 Å². The summed E-state index contributed by atoms with van der Waals surface area (Å²) in [5.74, 6) is 3.57. The largest absolute Gasteiger partial charge is 0.300 e. The maximum absolute atomic E-state index is 11.5. The van der Waals surface area contributed by atoms with Crippen LogP contribution in [0, 0.1) is 23.2 Å². The van der Waals surface area contributed by atoms with Crippen LogP contribution >= 0.6 is 0 Å². The van der Waals surface area contributed by atoms with Crippen LogP contribution in [-0.2, 0) is 4.79 Å². The van der Waals surface area contributed by atoms with Crippen LogP contribution in [0.5, 0.6) is 0 Å². The second-order valence-electron chi connectivity index (χ2n) is 6.81. The molecule has 16 heavy (non-hydrogen) atoms. The van der Waals surface area contributed by atoms with Gasteiger partial charge in [0.15, 0.2) is 0 Å². The highest BCUT2D eigenvalue weighted by Crippen LogP contribution is 2.61. The van der Waals surface area contributed by atoms with E-state index in [4.69, 9.17) is 0 Å². The first-order chi connectivity index (χ1) is 7.69. The van der Waals surface area contributed by atoms with Gasteiger partial charge in [-0.25, -0.2) is 0 Å². The molecule has 0 aliphatic heterocycles. The molecule has 0 heterocycles. The minimum atomic E-state index is 0.482. The fourth-order valence-corrected chi connectivity index (χ4v) is 5.18. The standard InChI is InChI=1S/C15H24O/c1-2-14(16)3-4-15-8-11-5-12(9-15)7-13(6-11)10-15/h11-13H,2-10H2,1H3. The van der Waals surface area contributed by atoms with E-state index in [1.54, 1.807) is 0 Å². The van der Waals surface area contributed by atoms with E-state index in [1.165, 1.54) is 44.9 Å². The number of hydrogen-bond donors (Lipinski definition) is 0. The van der Waals surface area contributed by atoms with Gasteiger partial charge in [0.1, 0.15) is 5.78 Å². The minimum absolute atomic E-state index is 0.482. The van der Waals surface area contributed by atoms with E-state index in [0.29, 0.717) is 11.2 Å². The van der Waals surface area contributed by atoms with Crippen LogP contribution in [0.3, 0.4) is 0 Å². The maximum atomic E-state index is 11.5. The van der Waals surface area contributed by atoms with Crippen molar-refractivity contribution in [2.75, 3.05) is 0 Å². The molecule has 0 aromatic carbocycles. The van der Waals surface area contributed by atoms with Crippen LogP contribution in [-0.4, -0.2) is 5.78 Å². The first kappa shape index (κ1) is 10.8. The Morgan fingerprint density at radius 1 is 1.06 bits per heavy atom. The van der Waals surface area contributed by atoms with E-state index >= 15 is 0 Å². The Morgan fingerprint density at radius 3 is 2.00 bits per heavy atom. The quantitative estimate of drug-likeness (QED) is 0.701. The molecule has 4 fully saturated rings. The average molecular weight is 220 g/mol. The third-order valence-corrected chi connectivity index (χ3v) is 5.49. The maximum Gasteiger partial charge on any atom is 0.132 e. The zero-order valence-corrected chi connectivity index (χ0v) is 10.5. The first-order valence-corrected chi connectivity index (χ1v) is 7.21. The Morgan fingerprint density at radius 2 is 1.56 bits per heavy atom. The Hall–Kier alpha value is -0.330. The molecule has 4 saturated carbocycles. The lowest BCUT2D eigenvalue weighted by atomic mass is 9.48. The van der Waals surface area contributed by atoms with Crippen molar-refractivity contribution in [3.05, 3.63) is 0 Å². The number of Topliss-reactive ketones (excluding diaryl/α,β-unsaturated/α-hetero) is 1. The summed E-state index contributed by atoms with van der Waals surface area (Å²) >= 11 is 0. The fraction of sp³-hybridized carbons (Fsp3) is 0.933. The van der Waals surface area contributed by atoms with Gasteiger partial charge >= 0.3 is 0 Å². The van der Waals surface area contributed by atoms with Crippen molar-refractivity contribution in [1.29, 1.82) is 0 Å². The Labute approximate surface area is 99.0 Å². The van der Waals surface area contributed by atoms with Crippen LogP contribution in [0.15, 0.2) is 0 Å². The summed E-state index contributed by atoms with van der Waals surface area (Å²) in [6, 6.07) is 0. The van der Waals surface area contributed by atoms with E-state index in [0.717, 1.165) is 30.6 Å². The molecule has 1 nitrogen and oxygen atoms in total. The van der Waals surface area contributed by atoms with E-state index in [1.807, 2.05) is 6.92 Å². The third-order valence-electron chi connectivity index (χ3n) is 5.49. The van der Waals surface area contributed by atoms with Crippen LogP contribution in [0.4, 0.5) is 0 Å². The lowest BCUT2D eigenvalue weighted by molar-refractivity contribution is -0.121. The summed E-state index contributed by atoms with van der Waals surface area (Å²) < 4.78 is 0. The van der Waals surface area contributed by atoms with Crippen molar-refractivity contribution < 1.29 is 4.79 Å². The molecule has 4 aliphatic rings. The molecule has 0 unspecified atom stereocenters. The topological polar surface area (TPSA) is 17.1 Å². The van der Waals surface area contributed by atoms with Gasteiger partial charge in [-0.2, -0.15) is 0 Å². The van der Waals surface area contributed by atoms with Crippen molar-refractivity contribution in [1.82, 2.24) is 0 Å². The normalized spacial score (nSPS) is 44.9. The van der Waals surface area contributed by atoms with Crippen molar-refractivity contribution in [2.45, 2.75) is 64.7 Å². The third kappa shape index (κ3) is 1.83. The molecule has 4 aliphatic carbocycles. The molecule has 1 heteroatoms. The lowest BCUT2D eigenvalue weighted by Crippen LogP contribution is -2.46. The predicted octanol–water partition coefficient (Wildman–Crippen LogP) is 3.96. The van der Waals surface area contributed by atoms with E-state index < -0.39 is 0 Å². The zero-order chi connectivity index (χ0) is 11.2. The van der Waals surface area contributed by atoms with Crippen molar-refractivity contribution in [2.24, 2.45) is 23.2 Å². The minimum Gasteiger partial charge on any atom is -0.300 e. The van der Waals surface area contributed by atoms with Gasteiger partial charge in [0.2, 0.25) is 0 Å². The molecular weight excluding hydrogens is 196 g/mol. The molecule has 0 spiro atoms. The Bertz CT molecular complexity index is 257. The molecule has 0 radical (unpaired) electrons. The summed E-state index contributed by atoms with van der Waals surface area (Å²) in [6.45, 7) is 2.00. The van der Waals surface area contributed by atoms with E-state index in [-0.39, 0.29) is 0 Å². The van der Waals surface area contributed by atoms with Crippen LogP contribution in [0.25, 0.3) is 0 Å². The fourth-order valence-electron chi connectivity index (χ4n) is 5.18. The second kappa shape index (κ2) is 3.85. The van der Waals surface area contributed by atoms with Crippen molar-refractivity contribution in [3.8, 4) is 0 Å². The molecule has 0 aromatic heterocycles. The molecule has 0 amide bonds. The molecule has 0 N–H and O–H groups in total. The van der Waals surface area contributed by atoms with Crippen LogP contribution in [0.2, 0.25) is 0 Å². The van der Waals surface area contributed by atoms with Crippen LogP contribution in [0.1, 0.15) is 64.7 Å². The predicted molar refractivity (Wildman–Crippen MR) is 65.1 cm³/mol. The first-order valence-electron chi connectivity index (χ1n) is 7.21. The number of rotatable bonds is 4. The molecule has 4 rings (SSSR count). The molecule has 4 bridgehead atoms. The molecule has 0 atom stereocenters. The van der Waals surface area contributed by atoms with Gasteiger partial charge in [-0.1, -0.05) is 6.92 Å². The van der Waals surface area contributed by atoms with Gasteiger partial charge in [-0.3, -0.25) is 4.79 Å². The molecule has 90 valence electrons. The van der Waals surface area contributed by atoms with Crippen LogP contribution < -0.4 is 0 Å². The average Bonchev–Trinajstić information content (AvgIpc) is 2.24. The second-order valence-corrected chi connectivity index (χ2v) is 6.81. The highest BCUT2D eigenvalue weighted by atomic mass is 16.1. The van der Waals surface area contributed by atoms with Gasteiger partial charge in [-0.15, -0.1) is 0 Å². The summed E-state index contributed by atoms with van der Waals surface area (Å²) in [4.78, 5) is 11.5. The number of hydrogen-bond acceptors (Lipinski definition) is 1. The molecule has 0 saturated heterocycles. The smallest absolute Gasteiger partial charge is 0.132 e. The van der Waals surface area contributed by atoms with E-state index in [9.17, 15) is 4.79 Å².